The van der Waals surface area contributed by atoms with Crippen molar-refractivity contribution in [1.29, 1.82) is 0 Å². The number of nitrogens with zero attached hydrogens (tertiary/aromatic N) is 2. The third-order valence-corrected chi connectivity index (χ3v) is 3.37. The van der Waals surface area contributed by atoms with Gasteiger partial charge in [-0.15, -0.1) is 0 Å². The van der Waals surface area contributed by atoms with E-state index in [-0.39, 0.29) is 11.9 Å². The van der Waals surface area contributed by atoms with Crippen LogP contribution in [-0.4, -0.2) is 36.3 Å². The highest BCUT2D eigenvalue weighted by Gasteiger charge is 2.33. The molecule has 3 rings (SSSR count). The molecule has 0 spiro atoms. The van der Waals surface area contributed by atoms with Crippen LogP contribution in [-0.2, 0) is 4.79 Å². The molecule has 0 aromatic heterocycles. The van der Waals surface area contributed by atoms with Crippen molar-refractivity contribution in [3.05, 3.63) is 34.9 Å². The van der Waals surface area contributed by atoms with Crippen LogP contribution < -0.4 is 5.32 Å². The van der Waals surface area contributed by atoms with Crippen LogP contribution in [0.4, 0.5) is 0 Å². The first-order chi connectivity index (χ1) is 8.24. The maximum absolute atomic E-state index is 11.8. The Balaban J connectivity index is 1.84. The standard InChI is InChI=1S/C12H12ClN3O/c13-9-3-1-8(2-4-9)10-7-16-6-5-14-11(16)12(17)15-10/h1-4,10H,5-7H2,(H,15,17). The highest BCUT2D eigenvalue weighted by atomic mass is 35.5. The topological polar surface area (TPSA) is 44.7 Å². The maximum atomic E-state index is 11.8. The van der Waals surface area contributed by atoms with Crippen molar-refractivity contribution < 1.29 is 4.79 Å². The summed E-state index contributed by atoms with van der Waals surface area (Å²) in [5.41, 5.74) is 1.08. The van der Waals surface area contributed by atoms with Crippen LogP contribution in [0.5, 0.6) is 0 Å². The lowest BCUT2D eigenvalue weighted by Crippen LogP contribution is -2.51. The molecule has 1 aromatic rings. The van der Waals surface area contributed by atoms with Crippen molar-refractivity contribution in [2.75, 3.05) is 19.6 Å². The molecule has 4 nitrogen and oxygen atoms in total. The molecule has 1 unspecified atom stereocenters. The number of nitrogens with one attached hydrogen (secondary N) is 1. The van der Waals surface area contributed by atoms with E-state index < -0.39 is 0 Å². The van der Waals surface area contributed by atoms with E-state index in [1.807, 2.05) is 29.2 Å². The van der Waals surface area contributed by atoms with Crippen molar-refractivity contribution in [3.8, 4) is 0 Å². The third-order valence-electron chi connectivity index (χ3n) is 3.11. The number of carbonyl (C=O) groups excluding carboxylic acids is 1. The Bertz CT molecular complexity index is 483. The summed E-state index contributed by atoms with van der Waals surface area (Å²) in [5.74, 6) is 0.504. The molecule has 1 fully saturated rings. The summed E-state index contributed by atoms with van der Waals surface area (Å²) in [7, 11) is 0. The van der Waals surface area contributed by atoms with E-state index in [0.717, 1.165) is 25.2 Å². The average Bonchev–Trinajstić information content (AvgIpc) is 2.78. The monoisotopic (exact) mass is 249 g/mol. The van der Waals surface area contributed by atoms with Gasteiger partial charge in [0.15, 0.2) is 5.84 Å². The fourth-order valence-corrected chi connectivity index (χ4v) is 2.37. The Kier molecular flexibility index (Phi) is 2.52. The van der Waals surface area contributed by atoms with Crippen LogP contribution in [0.2, 0.25) is 5.02 Å². The van der Waals surface area contributed by atoms with E-state index in [2.05, 4.69) is 10.3 Å². The van der Waals surface area contributed by atoms with E-state index in [1.165, 1.54) is 0 Å². The number of piperazine rings is 1. The third kappa shape index (κ3) is 1.89. The molecule has 0 aliphatic carbocycles. The first-order valence-electron chi connectivity index (χ1n) is 5.60. The van der Waals surface area contributed by atoms with Crippen molar-refractivity contribution in [3.63, 3.8) is 0 Å². The molecule has 5 heteroatoms. The SMILES string of the molecule is O=C1NC(c2ccc(Cl)cc2)CN2CCN=C12. The van der Waals surface area contributed by atoms with Gasteiger partial charge in [0.2, 0.25) is 0 Å². The van der Waals surface area contributed by atoms with Crippen molar-refractivity contribution in [2.24, 2.45) is 4.99 Å². The highest BCUT2D eigenvalue weighted by molar-refractivity contribution is 6.38. The van der Waals surface area contributed by atoms with E-state index >= 15 is 0 Å². The minimum Gasteiger partial charge on any atom is -0.348 e. The van der Waals surface area contributed by atoms with Gasteiger partial charge in [-0.1, -0.05) is 23.7 Å². The van der Waals surface area contributed by atoms with Crippen LogP contribution in [0.25, 0.3) is 0 Å². The molecule has 1 atom stereocenters. The zero-order chi connectivity index (χ0) is 11.8. The van der Waals surface area contributed by atoms with Gasteiger partial charge in [-0.25, -0.2) is 0 Å². The number of fused-ring (bicyclic) bond motifs is 1. The fraction of sp³-hybridized carbons (Fsp3) is 0.333. The molecule has 0 saturated carbocycles. The van der Waals surface area contributed by atoms with Gasteiger partial charge in [0.1, 0.15) is 0 Å². The number of hydrogen-bond acceptors (Lipinski definition) is 3. The number of hydrogen-bond donors (Lipinski definition) is 1. The maximum Gasteiger partial charge on any atom is 0.287 e. The predicted molar refractivity (Wildman–Crippen MR) is 66.2 cm³/mol. The summed E-state index contributed by atoms with van der Waals surface area (Å²) >= 11 is 5.85. The second-order valence-corrected chi connectivity index (χ2v) is 4.67. The molecule has 1 aromatic carbocycles. The molecule has 2 heterocycles. The van der Waals surface area contributed by atoms with E-state index in [9.17, 15) is 4.79 Å². The van der Waals surface area contributed by atoms with E-state index in [0.29, 0.717) is 10.9 Å². The number of aliphatic imine (C=N–C) groups is 1. The first kappa shape index (κ1) is 10.6. The van der Waals surface area contributed by atoms with Gasteiger partial charge >= 0.3 is 0 Å². The van der Waals surface area contributed by atoms with Crippen molar-refractivity contribution in [2.45, 2.75) is 6.04 Å². The van der Waals surface area contributed by atoms with E-state index in [4.69, 9.17) is 11.6 Å². The molecule has 0 radical (unpaired) electrons. The summed E-state index contributed by atoms with van der Waals surface area (Å²) in [6.07, 6.45) is 0. The minimum absolute atomic E-state index is 0.0248. The number of rotatable bonds is 1. The van der Waals surface area contributed by atoms with Gasteiger partial charge in [-0.05, 0) is 17.7 Å². The molecule has 88 valence electrons. The lowest BCUT2D eigenvalue weighted by atomic mass is 10.0. The number of amides is 1. The van der Waals surface area contributed by atoms with Gasteiger partial charge < -0.3 is 10.2 Å². The van der Waals surface area contributed by atoms with Crippen LogP contribution in [0.1, 0.15) is 11.6 Å². The van der Waals surface area contributed by atoms with Crippen molar-refractivity contribution >= 4 is 23.3 Å². The summed E-state index contributed by atoms with van der Waals surface area (Å²) in [4.78, 5) is 18.0. The minimum atomic E-state index is -0.0753. The Morgan fingerprint density at radius 1 is 1.35 bits per heavy atom. The highest BCUT2D eigenvalue weighted by Crippen LogP contribution is 2.21. The van der Waals surface area contributed by atoms with Crippen LogP contribution in [0.3, 0.4) is 0 Å². The van der Waals surface area contributed by atoms with Gasteiger partial charge in [0.25, 0.3) is 5.91 Å². The fourth-order valence-electron chi connectivity index (χ4n) is 2.25. The first-order valence-corrected chi connectivity index (χ1v) is 5.97. The molecule has 0 bridgehead atoms. The van der Waals surface area contributed by atoms with Gasteiger partial charge in [-0.3, -0.25) is 9.79 Å². The normalized spacial score (nSPS) is 23.1. The Hall–Kier alpha value is -1.55. The average molecular weight is 250 g/mol. The molecule has 1 N–H and O–H groups in total. The number of halogens is 1. The molecular formula is C12H12ClN3O. The lowest BCUT2D eigenvalue weighted by Gasteiger charge is -2.32. The zero-order valence-corrected chi connectivity index (χ0v) is 9.94. The van der Waals surface area contributed by atoms with Gasteiger partial charge in [0.05, 0.1) is 12.6 Å². The second-order valence-electron chi connectivity index (χ2n) is 4.23. The number of carbonyl (C=O) groups is 1. The molecule has 2 aliphatic heterocycles. The second kappa shape index (κ2) is 4.04. The zero-order valence-electron chi connectivity index (χ0n) is 9.19. The summed E-state index contributed by atoms with van der Waals surface area (Å²) in [6.45, 7) is 2.34. The van der Waals surface area contributed by atoms with Gasteiger partial charge in [0, 0.05) is 18.1 Å². The van der Waals surface area contributed by atoms with Gasteiger partial charge in [-0.2, -0.15) is 0 Å². The predicted octanol–water partition coefficient (Wildman–Crippen LogP) is 1.23. The van der Waals surface area contributed by atoms with E-state index in [1.54, 1.807) is 0 Å². The molecular weight excluding hydrogens is 238 g/mol. The molecule has 1 amide bonds. The Labute approximate surface area is 104 Å². The lowest BCUT2D eigenvalue weighted by molar-refractivity contribution is -0.117. The number of amidine groups is 1. The summed E-state index contributed by atoms with van der Waals surface area (Å²) in [5, 5.41) is 3.68. The Morgan fingerprint density at radius 3 is 2.88 bits per heavy atom. The smallest absolute Gasteiger partial charge is 0.287 e. The van der Waals surface area contributed by atoms with Crippen LogP contribution in [0.15, 0.2) is 29.3 Å². The Morgan fingerprint density at radius 2 is 2.12 bits per heavy atom. The largest absolute Gasteiger partial charge is 0.348 e. The molecule has 2 aliphatic rings. The molecule has 17 heavy (non-hydrogen) atoms. The van der Waals surface area contributed by atoms with Crippen LogP contribution >= 0.6 is 11.6 Å². The summed E-state index contributed by atoms with van der Waals surface area (Å²) < 4.78 is 0. The quantitative estimate of drug-likeness (QED) is 0.814. The van der Waals surface area contributed by atoms with Crippen molar-refractivity contribution in [1.82, 2.24) is 10.2 Å². The van der Waals surface area contributed by atoms with Crippen LogP contribution in [0, 0.1) is 0 Å². The molecule has 1 saturated heterocycles. The summed E-state index contributed by atoms with van der Waals surface area (Å²) in [6, 6.07) is 7.61. The number of benzene rings is 1.